The van der Waals surface area contributed by atoms with E-state index in [0.29, 0.717) is 18.9 Å². The normalized spacial score (nSPS) is 20.6. The summed E-state index contributed by atoms with van der Waals surface area (Å²) in [6, 6.07) is 0. The Balaban J connectivity index is 0.00000407. The summed E-state index contributed by atoms with van der Waals surface area (Å²) in [4.78, 5) is 17.4. The van der Waals surface area contributed by atoms with Gasteiger partial charge in [0.15, 0.2) is 0 Å². The van der Waals surface area contributed by atoms with E-state index in [1.807, 2.05) is 34.6 Å². The van der Waals surface area contributed by atoms with Gasteiger partial charge < -0.3 is 15.2 Å². The third-order valence-electron chi connectivity index (χ3n) is 4.66. The summed E-state index contributed by atoms with van der Waals surface area (Å²) in [6.07, 6.45) is 6.91. The summed E-state index contributed by atoms with van der Waals surface area (Å²) in [6.45, 7) is 17.9. The van der Waals surface area contributed by atoms with E-state index < -0.39 is 5.72 Å². The van der Waals surface area contributed by atoms with Gasteiger partial charge in [-0.3, -0.25) is 15.1 Å². The lowest BCUT2D eigenvalue weighted by Gasteiger charge is -2.31. The molecule has 1 amide bonds. The molecular formula is C23H43N3O3S. The predicted octanol–water partition coefficient (Wildman–Crippen LogP) is 4.61. The Kier molecular flexibility index (Phi) is 14.8. The Morgan fingerprint density at radius 3 is 2.73 bits per heavy atom. The van der Waals surface area contributed by atoms with Crippen LogP contribution in [0.3, 0.4) is 0 Å². The van der Waals surface area contributed by atoms with Crippen molar-refractivity contribution in [3.63, 3.8) is 0 Å². The van der Waals surface area contributed by atoms with Gasteiger partial charge in [0.05, 0.1) is 24.7 Å². The maximum absolute atomic E-state index is 12.1. The van der Waals surface area contributed by atoms with Crippen LogP contribution < -0.4 is 10.6 Å². The lowest BCUT2D eigenvalue weighted by molar-refractivity contribution is -0.122. The van der Waals surface area contributed by atoms with Crippen LogP contribution in [-0.4, -0.2) is 48.0 Å². The van der Waals surface area contributed by atoms with Gasteiger partial charge in [-0.05, 0) is 64.5 Å². The second kappa shape index (κ2) is 15.5. The number of nitrogens with one attached hydrogen (secondary N) is 2. The zero-order valence-corrected chi connectivity index (χ0v) is 20.8. The van der Waals surface area contributed by atoms with Gasteiger partial charge in [0.2, 0.25) is 5.91 Å². The summed E-state index contributed by atoms with van der Waals surface area (Å²) in [5, 5.41) is 16.7. The highest BCUT2D eigenvalue weighted by Gasteiger charge is 2.27. The molecule has 0 radical (unpaired) electrons. The van der Waals surface area contributed by atoms with Crippen molar-refractivity contribution in [2.75, 3.05) is 13.1 Å². The molecule has 0 saturated carbocycles. The number of rotatable bonds is 12. The Morgan fingerprint density at radius 1 is 1.47 bits per heavy atom. The highest BCUT2D eigenvalue weighted by atomic mass is 32.2. The molecule has 0 heterocycles. The van der Waals surface area contributed by atoms with Gasteiger partial charge >= 0.3 is 0 Å². The summed E-state index contributed by atoms with van der Waals surface area (Å²) in [5.41, 5.74) is 0.113. The third-order valence-corrected chi connectivity index (χ3v) is 5.89. The number of ether oxygens (including phenoxy) is 1. The van der Waals surface area contributed by atoms with Crippen LogP contribution in [0.2, 0.25) is 0 Å². The third kappa shape index (κ3) is 12.4. The standard InChI is InChI=1S/C21H37N3O3S.C2H6/c1-7-10-27-16(3)13-23-20(25)14-24-21(5,26)12-18-9-8-15(2)11-19(18)28-17(4)22-6;1-2/h7,10,15-17,24,26H,6,8-9,11-14H2,1-5H3,(H,23,25);1-2H3/b10-7-;. The van der Waals surface area contributed by atoms with Crippen molar-refractivity contribution in [2.45, 2.75) is 91.4 Å². The molecule has 3 N–H and O–H groups in total. The van der Waals surface area contributed by atoms with Gasteiger partial charge in [-0.2, -0.15) is 0 Å². The Labute approximate surface area is 188 Å². The molecule has 1 rings (SSSR count). The molecular weight excluding hydrogens is 398 g/mol. The number of amides is 1. The lowest BCUT2D eigenvalue weighted by Crippen LogP contribution is -2.48. The topological polar surface area (TPSA) is 83.0 Å². The molecule has 4 unspecified atom stereocenters. The second-order valence-corrected chi connectivity index (χ2v) is 9.21. The van der Waals surface area contributed by atoms with E-state index in [1.54, 1.807) is 31.0 Å². The maximum Gasteiger partial charge on any atom is 0.234 e. The number of carbonyl (C=O) groups excluding carboxylic acids is 1. The van der Waals surface area contributed by atoms with Crippen LogP contribution in [0, 0.1) is 5.92 Å². The molecule has 0 aromatic rings. The molecule has 0 fully saturated rings. The number of carbonyl (C=O) groups is 1. The Bertz CT molecular complexity index is 576. The second-order valence-electron chi connectivity index (χ2n) is 7.80. The van der Waals surface area contributed by atoms with Gasteiger partial charge in [-0.25, -0.2) is 0 Å². The highest BCUT2D eigenvalue weighted by Crippen LogP contribution is 2.40. The molecule has 0 aromatic heterocycles. The number of nitrogens with zero attached hydrogens (tertiary/aromatic N) is 1. The number of aliphatic imine (C=N–C) groups is 1. The number of hydrogen-bond acceptors (Lipinski definition) is 6. The van der Waals surface area contributed by atoms with Gasteiger partial charge in [0.1, 0.15) is 11.8 Å². The first-order valence-corrected chi connectivity index (χ1v) is 11.9. The summed E-state index contributed by atoms with van der Waals surface area (Å²) >= 11 is 1.73. The Hall–Kier alpha value is -1.31. The first-order chi connectivity index (χ1) is 14.2. The predicted molar refractivity (Wildman–Crippen MR) is 130 cm³/mol. The number of hydrogen-bond donors (Lipinski definition) is 3. The van der Waals surface area contributed by atoms with Gasteiger partial charge in [-0.15, -0.1) is 11.8 Å². The van der Waals surface area contributed by atoms with Crippen molar-refractivity contribution < 1.29 is 14.6 Å². The number of allylic oxidation sites excluding steroid dienone is 2. The monoisotopic (exact) mass is 441 g/mol. The fourth-order valence-electron chi connectivity index (χ4n) is 3.01. The summed E-state index contributed by atoms with van der Waals surface area (Å²) in [5.74, 6) is 0.472. The van der Waals surface area contributed by atoms with E-state index in [9.17, 15) is 9.90 Å². The van der Waals surface area contributed by atoms with E-state index in [0.717, 1.165) is 19.3 Å². The van der Waals surface area contributed by atoms with Crippen LogP contribution in [0.25, 0.3) is 0 Å². The van der Waals surface area contributed by atoms with E-state index >= 15 is 0 Å². The minimum atomic E-state index is -1.14. The fraction of sp³-hybridized carbons (Fsp3) is 0.739. The van der Waals surface area contributed by atoms with E-state index in [4.69, 9.17) is 4.74 Å². The van der Waals surface area contributed by atoms with Crippen molar-refractivity contribution in [3.8, 4) is 0 Å². The molecule has 0 spiro atoms. The van der Waals surface area contributed by atoms with Crippen LogP contribution in [0.15, 0.2) is 27.8 Å². The fourth-order valence-corrected chi connectivity index (χ4v) is 4.22. The minimum absolute atomic E-state index is 0.0557. The zero-order chi connectivity index (χ0) is 23.2. The molecule has 0 saturated heterocycles. The SMILES string of the molecule is C=NC(C)SC1=C(CC(C)(O)NCC(=O)NCC(C)O/C=C\C)CCC(C)C1.CC. The van der Waals surface area contributed by atoms with Crippen LogP contribution in [0.1, 0.15) is 74.1 Å². The van der Waals surface area contributed by atoms with E-state index in [1.165, 1.54) is 10.5 Å². The van der Waals surface area contributed by atoms with Crippen molar-refractivity contribution in [3.05, 3.63) is 22.8 Å². The van der Waals surface area contributed by atoms with Crippen molar-refractivity contribution >= 4 is 24.4 Å². The lowest BCUT2D eigenvalue weighted by atomic mass is 9.87. The van der Waals surface area contributed by atoms with Gasteiger partial charge in [0, 0.05) is 6.42 Å². The molecule has 174 valence electrons. The molecule has 0 aromatic carbocycles. The zero-order valence-electron chi connectivity index (χ0n) is 20.0. The summed E-state index contributed by atoms with van der Waals surface area (Å²) in [7, 11) is 0. The molecule has 7 heteroatoms. The quantitative estimate of drug-likeness (QED) is 0.234. The van der Waals surface area contributed by atoms with Crippen LogP contribution in [0.5, 0.6) is 0 Å². The number of thioether (sulfide) groups is 1. The largest absolute Gasteiger partial charge is 0.497 e. The first-order valence-electron chi connectivity index (χ1n) is 11.0. The van der Waals surface area contributed by atoms with Crippen LogP contribution >= 0.6 is 11.8 Å². The molecule has 6 nitrogen and oxygen atoms in total. The molecule has 0 bridgehead atoms. The smallest absolute Gasteiger partial charge is 0.234 e. The maximum atomic E-state index is 12.1. The van der Waals surface area contributed by atoms with Crippen molar-refractivity contribution in [1.82, 2.24) is 10.6 Å². The van der Waals surface area contributed by atoms with Crippen molar-refractivity contribution in [1.29, 1.82) is 0 Å². The van der Waals surface area contributed by atoms with Crippen LogP contribution in [0.4, 0.5) is 0 Å². The van der Waals surface area contributed by atoms with Crippen molar-refractivity contribution in [2.24, 2.45) is 10.9 Å². The van der Waals surface area contributed by atoms with Gasteiger partial charge in [0.25, 0.3) is 0 Å². The van der Waals surface area contributed by atoms with E-state index in [-0.39, 0.29) is 23.9 Å². The first kappa shape index (κ1) is 28.7. The molecule has 4 atom stereocenters. The minimum Gasteiger partial charge on any atom is -0.497 e. The molecule has 0 aliphatic heterocycles. The highest BCUT2D eigenvalue weighted by molar-refractivity contribution is 8.03. The average molecular weight is 442 g/mol. The molecule has 1 aliphatic carbocycles. The average Bonchev–Trinajstić information content (AvgIpc) is 2.72. The Morgan fingerprint density at radius 2 is 2.13 bits per heavy atom. The summed E-state index contributed by atoms with van der Waals surface area (Å²) < 4.78 is 5.36. The van der Waals surface area contributed by atoms with Crippen LogP contribution in [-0.2, 0) is 9.53 Å². The van der Waals surface area contributed by atoms with Gasteiger partial charge in [-0.1, -0.05) is 32.4 Å². The number of aliphatic hydroxyl groups is 1. The molecule has 30 heavy (non-hydrogen) atoms. The molecule has 1 aliphatic rings. The van der Waals surface area contributed by atoms with E-state index in [2.05, 4.69) is 29.3 Å².